The van der Waals surface area contributed by atoms with Crippen LogP contribution >= 0.6 is 22.9 Å². The van der Waals surface area contributed by atoms with Crippen molar-refractivity contribution < 1.29 is 60.9 Å². The van der Waals surface area contributed by atoms with Crippen molar-refractivity contribution in [1.82, 2.24) is 14.5 Å². The van der Waals surface area contributed by atoms with Gasteiger partial charge in [-0.25, -0.2) is 52.1 Å². The second-order valence-electron chi connectivity index (χ2n) is 27.9. The van der Waals surface area contributed by atoms with Crippen LogP contribution in [0.15, 0.2) is 240 Å². The number of nitrogens with zero attached hydrogens (tertiary/aromatic N) is 7. The molecular formula is C83H80ClN11O14S6. The molecule has 4 fully saturated rings. The van der Waals surface area contributed by atoms with Crippen LogP contribution in [0.2, 0.25) is 5.02 Å². The largest absolute Gasteiger partial charge is 0.464 e. The van der Waals surface area contributed by atoms with Gasteiger partial charge in [-0.1, -0.05) is 41.9 Å². The lowest BCUT2D eigenvalue weighted by Gasteiger charge is -2.28. The lowest BCUT2D eigenvalue weighted by Crippen LogP contribution is -2.37. The van der Waals surface area contributed by atoms with Gasteiger partial charge in [0.2, 0.25) is 40.1 Å². The minimum atomic E-state index is -3.92. The molecule has 4 aromatic heterocycles. The number of pyridine rings is 1. The number of halogens is 1. The average molecular weight is 1680 g/mol. The number of fused-ring (bicyclic) bond motifs is 4. The third kappa shape index (κ3) is 18.8. The predicted octanol–water partition coefficient (Wildman–Crippen LogP) is 16.0. The molecule has 8 heterocycles. The quantitative estimate of drug-likeness (QED) is 0.0786. The molecule has 25 nitrogen and oxygen atoms in total. The number of benzene rings is 9. The van der Waals surface area contributed by atoms with Crippen LogP contribution in [0.4, 0.5) is 45.5 Å². The molecule has 0 saturated carbocycles. The molecule has 0 unspecified atom stereocenters. The topological polar surface area (TPSA) is 327 Å². The molecule has 4 aliphatic rings. The van der Waals surface area contributed by atoms with Gasteiger partial charge in [-0.2, -0.15) is 0 Å². The number of carbonyl (C=O) groups excluding carboxylic acids is 3. The normalized spacial score (nSPS) is 16.2. The number of anilines is 8. The van der Waals surface area contributed by atoms with E-state index in [0.717, 1.165) is 79.9 Å². The molecule has 4 aliphatic heterocycles. The Morgan fingerprint density at radius 1 is 0.470 bits per heavy atom. The summed E-state index contributed by atoms with van der Waals surface area (Å²) >= 11 is 7.96. The van der Waals surface area contributed by atoms with Crippen molar-refractivity contribution >= 4 is 179 Å². The Morgan fingerprint density at radius 3 is 1.56 bits per heavy atom. The summed E-state index contributed by atoms with van der Waals surface area (Å²) in [6.07, 6.45) is 9.61. The molecular weight excluding hydrogens is 1600 g/mol. The van der Waals surface area contributed by atoms with Crippen LogP contribution in [-0.2, 0) is 57.2 Å². The number of hydrogen-bond acceptors (Lipinski definition) is 17. The zero-order valence-corrected chi connectivity index (χ0v) is 68.1. The number of aryl methyl sites for hydroxylation is 2. The maximum absolute atomic E-state index is 13.0. The Morgan fingerprint density at radius 2 is 0.974 bits per heavy atom. The molecule has 17 rings (SSSR count). The van der Waals surface area contributed by atoms with Gasteiger partial charge in [0.15, 0.2) is 0 Å². The Hall–Kier alpha value is -11.2. The standard InChI is InChI=1S/C25H22ClN3O4S2.C21H23N3O3S.C19H18N2O4S.C18H17N3O3S2/c26-23-13-8-19(17-22(23)25-14-7-18-5-1-2-6-24(18)27-25)28-35(32,33)21-11-9-20(10-12-21)29-15-3-4-16-34(29,30)31;1-15-13-18(24-10-3-4-12-28(24,26)27)7-8-19(15)21(25)22-17-6-5-16-9-11-23(2)20(16)14-17;22-19(20-16-5-8-18-15(13-16)9-11-25-18)14-3-6-17(7-4-14)21-10-1-2-12-26(21,23)24;22-18(20-14-5-8-17-16(11-14)19-12-25-17)13-3-6-15(7-4-13)21-9-1-2-10-26(21,23)24/h1-2,5-14,17,28H,3-4,15-16H2;5-9,11,13-14H,3-4,10,12H2,1-2H3,(H,22,25);3-9,11,13H,1-2,10,12H2,(H,20,22);3-8,11-12H,1-2,9-10H2,(H,20,22). The Labute approximate surface area is 675 Å². The van der Waals surface area contributed by atoms with E-state index in [0.29, 0.717) is 125 Å². The summed E-state index contributed by atoms with van der Waals surface area (Å²) in [4.78, 5) is 46.6. The summed E-state index contributed by atoms with van der Waals surface area (Å²) < 4.78 is 141. The van der Waals surface area contributed by atoms with Gasteiger partial charge in [0.1, 0.15) is 5.58 Å². The van der Waals surface area contributed by atoms with Crippen LogP contribution in [-0.4, -0.2) is 124 Å². The zero-order valence-electron chi connectivity index (χ0n) is 62.4. The summed E-state index contributed by atoms with van der Waals surface area (Å²) in [7, 11) is -15.1. The third-order valence-electron chi connectivity index (χ3n) is 19.9. The molecule has 115 heavy (non-hydrogen) atoms. The summed E-state index contributed by atoms with van der Waals surface area (Å²) in [6.45, 7) is 3.68. The van der Waals surface area contributed by atoms with Gasteiger partial charge in [0.05, 0.1) is 88.9 Å². The molecule has 0 atom stereocenters. The van der Waals surface area contributed by atoms with E-state index < -0.39 is 50.1 Å². The molecule has 13 aromatic rings. The van der Waals surface area contributed by atoms with Gasteiger partial charge in [-0.15, -0.1) is 11.3 Å². The second kappa shape index (κ2) is 34.1. The third-order valence-corrected chi connectivity index (χ3v) is 30.0. The number of nitrogens with one attached hydrogen (secondary N) is 4. The number of furan rings is 1. The number of thiazole rings is 1. The molecule has 0 radical (unpaired) electrons. The van der Waals surface area contributed by atoms with Gasteiger partial charge in [-0.3, -0.25) is 36.3 Å². The number of amides is 3. The predicted molar refractivity (Wildman–Crippen MR) is 458 cm³/mol. The van der Waals surface area contributed by atoms with Gasteiger partial charge in [-0.05, 0) is 251 Å². The molecule has 4 N–H and O–H groups in total. The highest BCUT2D eigenvalue weighted by Gasteiger charge is 2.31. The van der Waals surface area contributed by atoms with Crippen LogP contribution in [0, 0.1) is 6.92 Å². The van der Waals surface area contributed by atoms with Crippen LogP contribution in [0.3, 0.4) is 0 Å². The number of para-hydroxylation sites is 1. The highest BCUT2D eigenvalue weighted by Crippen LogP contribution is 2.35. The highest BCUT2D eigenvalue weighted by molar-refractivity contribution is 7.94. The molecule has 0 spiro atoms. The number of rotatable bonds is 14. The van der Waals surface area contributed by atoms with Gasteiger partial charge in [0, 0.05) is 101 Å². The van der Waals surface area contributed by atoms with Crippen molar-refractivity contribution in [3.05, 3.63) is 258 Å². The Bertz CT molecular complexity index is 6270. The first-order valence-corrected chi connectivity index (χ1v) is 46.2. The molecule has 0 aliphatic carbocycles. The number of aromatic nitrogens is 3. The maximum atomic E-state index is 13.0. The van der Waals surface area contributed by atoms with Crippen molar-refractivity contribution in [2.75, 3.05) is 87.1 Å². The van der Waals surface area contributed by atoms with Crippen molar-refractivity contribution in [3.8, 4) is 11.3 Å². The highest BCUT2D eigenvalue weighted by atomic mass is 35.5. The average Bonchev–Trinajstić information content (AvgIpc) is 0.957. The van der Waals surface area contributed by atoms with Crippen molar-refractivity contribution in [1.29, 1.82) is 0 Å². The molecule has 9 aromatic carbocycles. The van der Waals surface area contributed by atoms with Crippen molar-refractivity contribution in [2.45, 2.75) is 63.2 Å². The lowest BCUT2D eigenvalue weighted by atomic mass is 10.1. The van der Waals surface area contributed by atoms with E-state index in [1.165, 1.54) is 41.5 Å². The number of carbonyl (C=O) groups is 3. The minimum Gasteiger partial charge on any atom is -0.464 e. The SMILES string of the molecule is Cc1cc(N2CCCCS2(=O)=O)ccc1C(=O)Nc1ccc2ccn(C)c2c1.O=C(Nc1ccc2occc2c1)c1ccc(N2CCCCS2(=O)=O)cc1.O=C(Nc1ccc2scnc2c1)c1ccc(N2CCCCS2(=O)=O)cc1.O=S(=O)(Nc1ccc(Cl)c(-c2ccc3ccccc3n2)c1)c1ccc(N2CCCCS2(=O)=O)cc1. The van der Waals surface area contributed by atoms with Crippen molar-refractivity contribution in [3.63, 3.8) is 0 Å². The van der Waals surface area contributed by atoms with E-state index in [1.54, 1.807) is 120 Å². The van der Waals surface area contributed by atoms with E-state index in [-0.39, 0.29) is 45.6 Å². The molecule has 3 amide bonds. The molecule has 594 valence electrons. The number of sulfonamides is 5. The maximum Gasteiger partial charge on any atom is 0.261 e. The molecule has 0 bridgehead atoms. The first-order chi connectivity index (χ1) is 55.1. The van der Waals surface area contributed by atoms with Gasteiger partial charge in [0.25, 0.3) is 27.7 Å². The minimum absolute atomic E-state index is 0.0241. The Balaban J connectivity index is 0.000000128. The second-order valence-corrected chi connectivity index (χ2v) is 39.0. The van der Waals surface area contributed by atoms with Crippen LogP contribution in [0.1, 0.15) is 88.0 Å². The first-order valence-electron chi connectivity index (χ1n) is 37.0. The summed E-state index contributed by atoms with van der Waals surface area (Å²) in [5.74, 6) is -0.0807. The molecule has 4 saturated heterocycles. The smallest absolute Gasteiger partial charge is 0.261 e. The van der Waals surface area contributed by atoms with E-state index in [2.05, 4.69) is 30.6 Å². The monoisotopic (exact) mass is 1680 g/mol. The van der Waals surface area contributed by atoms with E-state index in [1.807, 2.05) is 116 Å². The summed E-state index contributed by atoms with van der Waals surface area (Å²) in [5, 5.41) is 12.1. The van der Waals surface area contributed by atoms with Crippen LogP contribution < -0.4 is 37.9 Å². The fraction of sp³-hybridized carbons (Fsp3) is 0.217. The van der Waals surface area contributed by atoms with E-state index >= 15 is 0 Å². The van der Waals surface area contributed by atoms with Gasteiger partial charge < -0.3 is 24.9 Å². The molecule has 32 heteroatoms. The fourth-order valence-corrected chi connectivity index (χ4v) is 22.3. The van der Waals surface area contributed by atoms with Gasteiger partial charge >= 0.3 is 0 Å². The fourth-order valence-electron chi connectivity index (χ4n) is 13.9. The van der Waals surface area contributed by atoms with Crippen LogP contribution in [0.5, 0.6) is 0 Å². The van der Waals surface area contributed by atoms with Crippen molar-refractivity contribution in [2.24, 2.45) is 7.05 Å². The Kier molecular flexibility index (Phi) is 23.8. The van der Waals surface area contributed by atoms with E-state index in [9.17, 15) is 56.5 Å². The first kappa shape index (κ1) is 80.4. The van der Waals surface area contributed by atoms with Crippen LogP contribution in [0.25, 0.3) is 54.2 Å². The number of hydrogen-bond donors (Lipinski definition) is 4. The summed E-state index contributed by atoms with van der Waals surface area (Å²) in [6, 6.07) is 61.3. The van der Waals surface area contributed by atoms with E-state index in [4.69, 9.17) is 16.0 Å². The summed E-state index contributed by atoms with van der Waals surface area (Å²) in [5.41, 5.74) is 13.4. The zero-order chi connectivity index (χ0) is 80.8. The lowest BCUT2D eigenvalue weighted by molar-refractivity contribution is 0.101.